The first kappa shape index (κ1) is 37.5. The lowest BCUT2D eigenvalue weighted by atomic mass is 9.85. The van der Waals surface area contributed by atoms with Gasteiger partial charge in [0.1, 0.15) is 30.7 Å². The second kappa shape index (κ2) is 14.6. The number of aliphatic hydroxyl groups is 3. The Morgan fingerprint density at radius 2 is 1.71 bits per heavy atom. The van der Waals surface area contributed by atoms with Gasteiger partial charge < -0.3 is 53.7 Å². The number of likely N-dealkylation sites (tertiary alicyclic amines) is 2. The molecule has 16 nitrogen and oxygen atoms in total. The van der Waals surface area contributed by atoms with Crippen LogP contribution in [0.2, 0.25) is 0 Å². The molecule has 4 N–H and O–H groups in total. The fourth-order valence-electron chi connectivity index (χ4n) is 9.00. The lowest BCUT2D eigenvalue weighted by molar-refractivity contribution is -0.322. The van der Waals surface area contributed by atoms with E-state index >= 15 is 0 Å². The number of esters is 1. The smallest absolute Gasteiger partial charge is 0.415 e. The maximum atomic E-state index is 14.2. The van der Waals surface area contributed by atoms with Crippen LogP contribution in [0.15, 0.2) is 29.1 Å². The fourth-order valence-corrected chi connectivity index (χ4v) is 9.00. The number of carbonyl (C=O) groups is 3. The molecular weight excluding hydrogens is 716 g/mol. The summed E-state index contributed by atoms with van der Waals surface area (Å²) in [4.78, 5) is 62.2. The van der Waals surface area contributed by atoms with Gasteiger partial charge in [0, 0.05) is 35.6 Å². The molecule has 5 aliphatic heterocycles. The summed E-state index contributed by atoms with van der Waals surface area (Å²) in [5.41, 5.74) is 1.02. The summed E-state index contributed by atoms with van der Waals surface area (Å²) in [7, 11) is 0. The van der Waals surface area contributed by atoms with Gasteiger partial charge in [-0.25, -0.2) is 19.4 Å². The Balaban J connectivity index is 1.09. The van der Waals surface area contributed by atoms with E-state index in [0.717, 1.165) is 42.4 Å². The van der Waals surface area contributed by atoms with Crippen molar-refractivity contribution in [1.82, 2.24) is 19.4 Å². The van der Waals surface area contributed by atoms with Crippen LogP contribution in [0, 0.1) is 0 Å². The van der Waals surface area contributed by atoms with Crippen molar-refractivity contribution in [3.63, 3.8) is 0 Å². The van der Waals surface area contributed by atoms with Crippen LogP contribution in [0.4, 0.5) is 4.79 Å². The fraction of sp³-hybridized carbons (Fsp3) is 0.564. The molecule has 8 rings (SSSR count). The second-order valence-corrected chi connectivity index (χ2v) is 15.1. The number of hydrogen-bond acceptors (Lipinski definition) is 13. The van der Waals surface area contributed by atoms with Crippen LogP contribution in [0.5, 0.6) is 5.75 Å². The Hall–Kier alpha value is -4.45. The van der Waals surface area contributed by atoms with E-state index < -0.39 is 53.8 Å². The summed E-state index contributed by atoms with van der Waals surface area (Å²) in [6, 6.07) is 7.41. The number of carbonyl (C=O) groups excluding carboxylic acids is 2. The van der Waals surface area contributed by atoms with E-state index in [-0.39, 0.29) is 36.8 Å². The zero-order chi connectivity index (χ0) is 38.8. The number of aliphatic hydroxyl groups excluding tert-OH is 3. The van der Waals surface area contributed by atoms with Gasteiger partial charge in [0.15, 0.2) is 18.0 Å². The summed E-state index contributed by atoms with van der Waals surface area (Å²) >= 11 is 0. The van der Waals surface area contributed by atoms with Crippen molar-refractivity contribution in [3.05, 3.63) is 56.9 Å². The van der Waals surface area contributed by atoms with Gasteiger partial charge in [0.25, 0.3) is 5.56 Å². The number of aliphatic carboxylic acids is 1. The van der Waals surface area contributed by atoms with Gasteiger partial charge in [-0.05, 0) is 81.4 Å². The summed E-state index contributed by atoms with van der Waals surface area (Å²) in [5.74, 6) is -2.12. The Labute approximate surface area is 316 Å². The first-order chi connectivity index (χ1) is 26.4. The quantitative estimate of drug-likeness (QED) is 0.199. The van der Waals surface area contributed by atoms with Crippen molar-refractivity contribution in [2.75, 3.05) is 26.2 Å². The number of carboxylic acids is 1. The summed E-state index contributed by atoms with van der Waals surface area (Å²) in [5, 5.41) is 41.8. The number of hydrogen-bond donors (Lipinski definition) is 4. The van der Waals surface area contributed by atoms with Crippen molar-refractivity contribution in [1.29, 1.82) is 0 Å². The predicted molar refractivity (Wildman–Crippen MR) is 193 cm³/mol. The number of aryl methyl sites for hydroxylation is 1. The molecule has 1 unspecified atom stereocenters. The van der Waals surface area contributed by atoms with Crippen LogP contribution in [-0.4, -0.2) is 121 Å². The molecule has 0 radical (unpaired) electrons. The van der Waals surface area contributed by atoms with Crippen molar-refractivity contribution in [2.24, 2.45) is 0 Å². The number of piperidine rings is 2. The Kier molecular flexibility index (Phi) is 9.92. The second-order valence-electron chi connectivity index (χ2n) is 15.1. The molecule has 2 aromatic heterocycles. The number of aromatic nitrogens is 2. The Bertz CT molecular complexity index is 2090. The number of rotatable bonds is 7. The van der Waals surface area contributed by atoms with Gasteiger partial charge in [-0.3, -0.25) is 4.79 Å². The van der Waals surface area contributed by atoms with Crippen molar-refractivity contribution in [2.45, 2.75) is 114 Å². The molecule has 0 saturated carbocycles. The molecule has 0 bridgehead atoms. The minimum Gasteiger partial charge on any atom is -0.479 e. The van der Waals surface area contributed by atoms with Gasteiger partial charge in [-0.15, -0.1) is 0 Å². The third-order valence-electron chi connectivity index (χ3n) is 12.1. The highest BCUT2D eigenvalue weighted by Crippen LogP contribution is 2.44. The van der Waals surface area contributed by atoms with E-state index in [1.165, 1.54) is 19.3 Å². The number of carboxylic acid groups (broad SMARTS) is 1. The summed E-state index contributed by atoms with van der Waals surface area (Å²) in [6.07, 6.45) is -4.07. The van der Waals surface area contributed by atoms with Crippen LogP contribution >= 0.6 is 0 Å². The monoisotopic (exact) mass is 762 g/mol. The van der Waals surface area contributed by atoms with E-state index in [0.29, 0.717) is 48.2 Å². The number of fused-ring (bicyclic) bond motifs is 5. The molecule has 6 atom stereocenters. The summed E-state index contributed by atoms with van der Waals surface area (Å²) < 4.78 is 24.3. The standard InChI is InChI=1S/C39H46N4O12/c1-3-22-23-16-21(53-38(51)42-14-10-20(11-15-42)41-12-6-5-7-13-41)8-9-27(23)40-29-24(22)18-43-28(29)17-26-25(34(43)47)19-52-37(50)39(26,4-2)55-36-32(46)30(44)31(45)33(54-36)35(48)49/h8-9,16-17,20,30-33,36,44-46H,3-7,10-15,18-19H2,1-2H3,(H,48,49)/t30-,31-,32+,33-,36?,39-/m0/s1. The lowest BCUT2D eigenvalue weighted by Crippen LogP contribution is -2.62. The molecule has 3 aromatic rings. The largest absolute Gasteiger partial charge is 0.479 e. The molecular formula is C39H46N4O12. The molecule has 1 aromatic carbocycles. The van der Waals surface area contributed by atoms with E-state index in [9.17, 15) is 39.6 Å². The van der Waals surface area contributed by atoms with Gasteiger partial charge in [0.2, 0.25) is 0 Å². The molecule has 16 heteroatoms. The topological polar surface area (TPSA) is 210 Å². The number of cyclic esters (lactones) is 1. The van der Waals surface area contributed by atoms with Crippen LogP contribution in [0.1, 0.15) is 74.6 Å². The molecule has 5 aliphatic rings. The minimum atomic E-state index is -2.05. The first-order valence-corrected chi connectivity index (χ1v) is 19.2. The Morgan fingerprint density at radius 3 is 2.40 bits per heavy atom. The van der Waals surface area contributed by atoms with Gasteiger partial charge in [0.05, 0.1) is 29.0 Å². The van der Waals surface area contributed by atoms with Crippen LogP contribution in [0.3, 0.4) is 0 Å². The predicted octanol–water partition coefficient (Wildman–Crippen LogP) is 2.01. The van der Waals surface area contributed by atoms with E-state index in [1.807, 2.05) is 13.0 Å². The zero-order valence-corrected chi connectivity index (χ0v) is 30.8. The van der Waals surface area contributed by atoms with Gasteiger partial charge in [-0.2, -0.15) is 0 Å². The normalized spacial score (nSPS) is 28.3. The maximum Gasteiger partial charge on any atom is 0.415 e. The van der Waals surface area contributed by atoms with Crippen molar-refractivity contribution in [3.8, 4) is 17.1 Å². The molecule has 0 aliphatic carbocycles. The molecule has 7 heterocycles. The molecule has 0 spiro atoms. The van der Waals surface area contributed by atoms with Gasteiger partial charge >= 0.3 is 18.0 Å². The highest BCUT2D eigenvalue weighted by molar-refractivity contribution is 5.90. The van der Waals surface area contributed by atoms with Crippen molar-refractivity contribution >= 4 is 28.9 Å². The summed E-state index contributed by atoms with van der Waals surface area (Å²) in [6.45, 7) is 6.95. The molecule has 294 valence electrons. The number of pyridine rings is 2. The van der Waals surface area contributed by atoms with E-state index in [2.05, 4.69) is 4.90 Å². The van der Waals surface area contributed by atoms with Gasteiger partial charge in [-0.1, -0.05) is 20.3 Å². The van der Waals surface area contributed by atoms with E-state index in [1.54, 1.807) is 34.6 Å². The molecule has 3 fully saturated rings. The average Bonchev–Trinajstić information content (AvgIpc) is 3.56. The van der Waals surface area contributed by atoms with Crippen molar-refractivity contribution < 1.29 is 53.8 Å². The number of nitrogens with zero attached hydrogens (tertiary/aromatic N) is 4. The van der Waals surface area contributed by atoms with Crippen LogP contribution in [0.25, 0.3) is 22.3 Å². The molecule has 55 heavy (non-hydrogen) atoms. The third kappa shape index (κ3) is 6.28. The number of amides is 1. The number of benzene rings is 1. The van der Waals surface area contributed by atoms with Crippen LogP contribution in [-0.2, 0) is 49.0 Å². The SMILES string of the molecule is CCc1c2c(nc3ccc(OC(=O)N4CCC(N5CCCCC5)CC4)cc13)-c1cc3c(c(=O)n1C2)COC(=O)[C@@]3(CC)OC1O[C@H](C(=O)O)[C@@H](O)[C@H](O)[C@H]1O. The number of ether oxygens (including phenoxy) is 4. The van der Waals surface area contributed by atoms with E-state index in [4.69, 9.17) is 23.9 Å². The zero-order valence-electron chi connectivity index (χ0n) is 30.8. The maximum absolute atomic E-state index is 14.2. The molecule has 3 saturated heterocycles. The first-order valence-electron chi connectivity index (χ1n) is 19.2. The molecule has 1 amide bonds. The Morgan fingerprint density at radius 1 is 0.964 bits per heavy atom. The lowest BCUT2D eigenvalue weighted by Gasteiger charge is -2.44. The minimum absolute atomic E-state index is 0.121. The highest BCUT2D eigenvalue weighted by atomic mass is 16.7. The highest BCUT2D eigenvalue weighted by Gasteiger charge is 2.55. The third-order valence-corrected chi connectivity index (χ3v) is 12.1. The van der Waals surface area contributed by atoms with Crippen LogP contribution < -0.4 is 10.3 Å². The average molecular weight is 763 g/mol.